The number of benzene rings is 1. The Labute approximate surface area is 114 Å². The smallest absolute Gasteiger partial charge is 0.288 e. The summed E-state index contributed by atoms with van der Waals surface area (Å²) in [6.45, 7) is 1.09. The van der Waals surface area contributed by atoms with Crippen LogP contribution in [0.1, 0.15) is 23.2 Å². The van der Waals surface area contributed by atoms with Crippen LogP contribution in [-0.2, 0) is 4.74 Å². The molecule has 1 aliphatic rings. The van der Waals surface area contributed by atoms with Gasteiger partial charge in [-0.25, -0.2) is 0 Å². The number of rotatable bonds is 4. The summed E-state index contributed by atoms with van der Waals surface area (Å²) >= 11 is 5.86. The van der Waals surface area contributed by atoms with Crippen molar-refractivity contribution in [3.05, 3.63) is 38.9 Å². The Hall–Kier alpha value is -1.66. The van der Waals surface area contributed by atoms with E-state index in [1.54, 1.807) is 0 Å². The molecule has 19 heavy (non-hydrogen) atoms. The van der Waals surface area contributed by atoms with Gasteiger partial charge in [0.05, 0.1) is 16.6 Å². The van der Waals surface area contributed by atoms with Crippen molar-refractivity contribution in [3.8, 4) is 0 Å². The number of nitrogens with zero attached hydrogens (tertiary/aromatic N) is 1. The quantitative estimate of drug-likeness (QED) is 0.678. The molecule has 0 aromatic heterocycles. The van der Waals surface area contributed by atoms with Crippen LogP contribution in [0, 0.1) is 10.1 Å². The van der Waals surface area contributed by atoms with E-state index in [1.165, 1.54) is 18.2 Å². The molecule has 0 aliphatic carbocycles. The van der Waals surface area contributed by atoms with Gasteiger partial charge in [-0.3, -0.25) is 14.9 Å². The zero-order chi connectivity index (χ0) is 13.8. The number of hydrogen-bond donors (Lipinski definition) is 1. The van der Waals surface area contributed by atoms with E-state index in [0.717, 1.165) is 12.8 Å². The van der Waals surface area contributed by atoms with Crippen molar-refractivity contribution in [2.45, 2.75) is 18.9 Å². The van der Waals surface area contributed by atoms with Crippen LogP contribution in [0.4, 0.5) is 5.69 Å². The van der Waals surface area contributed by atoms with Gasteiger partial charge in [0.25, 0.3) is 11.6 Å². The van der Waals surface area contributed by atoms with Crippen LogP contribution in [0.15, 0.2) is 18.2 Å². The Bertz CT molecular complexity index is 501. The zero-order valence-corrected chi connectivity index (χ0v) is 10.9. The molecule has 1 unspecified atom stereocenters. The van der Waals surface area contributed by atoms with Gasteiger partial charge in [-0.1, -0.05) is 17.7 Å². The lowest BCUT2D eigenvalue weighted by molar-refractivity contribution is -0.384. The summed E-state index contributed by atoms with van der Waals surface area (Å²) in [4.78, 5) is 22.0. The maximum Gasteiger partial charge on any atom is 0.288 e. The Kier molecular flexibility index (Phi) is 4.34. The molecular formula is C12H13ClN2O4. The highest BCUT2D eigenvalue weighted by molar-refractivity contribution is 6.35. The molecular weight excluding hydrogens is 272 g/mol. The number of halogens is 1. The van der Waals surface area contributed by atoms with E-state index in [2.05, 4.69) is 5.32 Å². The van der Waals surface area contributed by atoms with Crippen LogP contribution in [0.5, 0.6) is 0 Å². The minimum Gasteiger partial charge on any atom is -0.376 e. The van der Waals surface area contributed by atoms with Crippen LogP contribution >= 0.6 is 11.6 Å². The molecule has 1 heterocycles. The van der Waals surface area contributed by atoms with E-state index in [-0.39, 0.29) is 22.4 Å². The highest BCUT2D eigenvalue weighted by Crippen LogP contribution is 2.27. The largest absolute Gasteiger partial charge is 0.376 e. The van der Waals surface area contributed by atoms with Gasteiger partial charge in [0.1, 0.15) is 5.02 Å². The fourth-order valence-electron chi connectivity index (χ4n) is 1.94. The highest BCUT2D eigenvalue weighted by Gasteiger charge is 2.21. The second-order valence-corrected chi connectivity index (χ2v) is 4.62. The first-order chi connectivity index (χ1) is 9.09. The maximum atomic E-state index is 11.9. The number of carbonyl (C=O) groups is 1. The van der Waals surface area contributed by atoms with Crippen LogP contribution in [0.2, 0.25) is 5.02 Å². The Morgan fingerprint density at radius 3 is 3.00 bits per heavy atom. The van der Waals surface area contributed by atoms with Crippen LogP contribution in [-0.4, -0.2) is 30.1 Å². The molecule has 1 atom stereocenters. The summed E-state index contributed by atoms with van der Waals surface area (Å²) in [5.41, 5.74) is -0.166. The first-order valence-electron chi connectivity index (χ1n) is 5.92. The van der Waals surface area contributed by atoms with Crippen molar-refractivity contribution in [3.63, 3.8) is 0 Å². The first kappa shape index (κ1) is 13.8. The van der Waals surface area contributed by atoms with E-state index in [1.807, 2.05) is 0 Å². The minimum atomic E-state index is -0.612. The number of nitro benzene ring substituents is 1. The summed E-state index contributed by atoms with van der Waals surface area (Å²) in [5.74, 6) is -0.427. The molecule has 0 radical (unpaired) electrons. The SMILES string of the molecule is O=C(NCC1CCCO1)c1cccc([N+](=O)[O-])c1Cl. The number of amides is 1. The van der Waals surface area contributed by atoms with Gasteiger partial charge >= 0.3 is 0 Å². The summed E-state index contributed by atoms with van der Waals surface area (Å²) in [7, 11) is 0. The average Bonchev–Trinajstić information content (AvgIpc) is 2.89. The van der Waals surface area contributed by atoms with Crippen molar-refractivity contribution in [1.82, 2.24) is 5.32 Å². The molecule has 1 aromatic rings. The maximum absolute atomic E-state index is 11.9. The fourth-order valence-corrected chi connectivity index (χ4v) is 2.22. The molecule has 0 spiro atoms. The standard InChI is InChI=1S/C12H13ClN2O4/c13-11-9(4-1-5-10(11)15(17)18)12(16)14-7-8-3-2-6-19-8/h1,4-5,8H,2-3,6-7H2,(H,14,16). The van der Waals surface area contributed by atoms with Crippen molar-refractivity contribution in [2.75, 3.05) is 13.2 Å². The predicted molar refractivity (Wildman–Crippen MR) is 69.4 cm³/mol. The summed E-state index contributed by atoms with van der Waals surface area (Å²) in [6.07, 6.45) is 1.91. The van der Waals surface area contributed by atoms with Gasteiger partial charge in [0.15, 0.2) is 0 Å². The lowest BCUT2D eigenvalue weighted by atomic mass is 10.1. The number of hydrogen-bond acceptors (Lipinski definition) is 4. The van der Waals surface area contributed by atoms with Crippen LogP contribution in [0.25, 0.3) is 0 Å². The Morgan fingerprint density at radius 2 is 2.37 bits per heavy atom. The van der Waals surface area contributed by atoms with Gasteiger partial charge in [-0.2, -0.15) is 0 Å². The highest BCUT2D eigenvalue weighted by atomic mass is 35.5. The van der Waals surface area contributed by atoms with E-state index in [9.17, 15) is 14.9 Å². The number of carbonyl (C=O) groups excluding carboxylic acids is 1. The number of nitro groups is 1. The van der Waals surface area contributed by atoms with Crippen molar-refractivity contribution < 1.29 is 14.5 Å². The van der Waals surface area contributed by atoms with Gasteiger partial charge in [0.2, 0.25) is 0 Å². The molecule has 6 nitrogen and oxygen atoms in total. The third-order valence-corrected chi connectivity index (χ3v) is 3.33. The van der Waals surface area contributed by atoms with Gasteiger partial charge in [-0.05, 0) is 18.9 Å². The van der Waals surface area contributed by atoms with Gasteiger partial charge < -0.3 is 10.1 Å². The molecule has 1 aromatic carbocycles. The Morgan fingerprint density at radius 1 is 1.58 bits per heavy atom. The minimum absolute atomic E-state index is 0.0152. The molecule has 1 saturated heterocycles. The van der Waals surface area contributed by atoms with E-state index in [4.69, 9.17) is 16.3 Å². The average molecular weight is 285 g/mol. The lowest BCUT2D eigenvalue weighted by Crippen LogP contribution is -2.31. The van der Waals surface area contributed by atoms with E-state index >= 15 is 0 Å². The molecule has 0 bridgehead atoms. The number of ether oxygens (including phenoxy) is 1. The molecule has 1 fully saturated rings. The van der Waals surface area contributed by atoms with Crippen molar-refractivity contribution in [2.24, 2.45) is 0 Å². The molecule has 1 amide bonds. The molecule has 2 rings (SSSR count). The molecule has 1 N–H and O–H groups in total. The zero-order valence-electron chi connectivity index (χ0n) is 10.1. The normalized spacial score (nSPS) is 18.3. The second kappa shape index (κ2) is 5.99. The third-order valence-electron chi connectivity index (χ3n) is 2.93. The lowest BCUT2D eigenvalue weighted by Gasteiger charge is -2.11. The fraction of sp³-hybridized carbons (Fsp3) is 0.417. The van der Waals surface area contributed by atoms with Gasteiger partial charge in [-0.15, -0.1) is 0 Å². The van der Waals surface area contributed by atoms with Crippen LogP contribution in [0.3, 0.4) is 0 Å². The third kappa shape index (κ3) is 3.21. The summed E-state index contributed by atoms with van der Waals surface area (Å²) < 4.78 is 5.38. The molecule has 102 valence electrons. The number of nitrogens with one attached hydrogen (secondary N) is 1. The topological polar surface area (TPSA) is 81.5 Å². The van der Waals surface area contributed by atoms with Gasteiger partial charge in [0, 0.05) is 19.2 Å². The molecule has 7 heteroatoms. The van der Waals surface area contributed by atoms with E-state index < -0.39 is 10.8 Å². The van der Waals surface area contributed by atoms with Crippen molar-refractivity contribution >= 4 is 23.2 Å². The van der Waals surface area contributed by atoms with E-state index in [0.29, 0.717) is 13.2 Å². The van der Waals surface area contributed by atoms with Crippen LogP contribution < -0.4 is 5.32 Å². The first-order valence-corrected chi connectivity index (χ1v) is 6.30. The molecule has 1 aliphatic heterocycles. The predicted octanol–water partition coefficient (Wildman–Crippen LogP) is 2.16. The second-order valence-electron chi connectivity index (χ2n) is 4.24. The Balaban J connectivity index is 2.06. The monoisotopic (exact) mass is 284 g/mol. The summed E-state index contributed by atoms with van der Waals surface area (Å²) in [5, 5.41) is 13.3. The van der Waals surface area contributed by atoms with Crippen molar-refractivity contribution in [1.29, 1.82) is 0 Å². The molecule has 0 saturated carbocycles. The summed E-state index contributed by atoms with van der Waals surface area (Å²) in [6, 6.07) is 4.16.